The van der Waals surface area contributed by atoms with Gasteiger partial charge in [-0.2, -0.15) is 0 Å². The van der Waals surface area contributed by atoms with E-state index in [0.717, 1.165) is 37.3 Å². The van der Waals surface area contributed by atoms with Crippen molar-refractivity contribution < 1.29 is 9.47 Å². The van der Waals surface area contributed by atoms with Crippen LogP contribution in [-0.4, -0.2) is 7.11 Å². The molecule has 0 heterocycles. The highest BCUT2D eigenvalue weighted by atomic mass is 79.9. The molecular formula is C21H18Br2ClNO2. The topological polar surface area (TPSA) is 30.5 Å². The highest BCUT2D eigenvalue weighted by molar-refractivity contribution is 9.11. The average Bonchev–Trinajstić information content (AvgIpc) is 2.67. The molecule has 3 rings (SSSR count). The molecule has 1 N–H and O–H groups in total. The van der Waals surface area contributed by atoms with E-state index in [-0.39, 0.29) is 0 Å². The van der Waals surface area contributed by atoms with E-state index in [1.807, 2.05) is 60.7 Å². The lowest BCUT2D eigenvalue weighted by atomic mass is 10.2. The summed E-state index contributed by atoms with van der Waals surface area (Å²) in [5.41, 5.74) is 2.98. The molecule has 27 heavy (non-hydrogen) atoms. The quantitative estimate of drug-likeness (QED) is 0.368. The normalized spacial score (nSPS) is 10.5. The second-order valence-corrected chi connectivity index (χ2v) is 8.02. The van der Waals surface area contributed by atoms with Crippen molar-refractivity contribution in [3.05, 3.63) is 85.8 Å². The van der Waals surface area contributed by atoms with Gasteiger partial charge in [0.15, 0.2) is 0 Å². The van der Waals surface area contributed by atoms with E-state index >= 15 is 0 Å². The molecule has 0 aliphatic carbocycles. The predicted molar refractivity (Wildman–Crippen MR) is 118 cm³/mol. The first-order valence-electron chi connectivity index (χ1n) is 8.29. The van der Waals surface area contributed by atoms with Crippen LogP contribution in [0.5, 0.6) is 11.5 Å². The third-order valence-corrected chi connectivity index (χ3v) is 5.40. The van der Waals surface area contributed by atoms with Gasteiger partial charge in [-0.3, -0.25) is 0 Å². The van der Waals surface area contributed by atoms with Crippen LogP contribution in [0.15, 0.2) is 69.6 Å². The molecule has 0 fully saturated rings. The first kappa shape index (κ1) is 20.1. The van der Waals surface area contributed by atoms with Gasteiger partial charge >= 0.3 is 0 Å². The van der Waals surface area contributed by atoms with E-state index in [9.17, 15) is 0 Å². The number of halogens is 3. The summed E-state index contributed by atoms with van der Waals surface area (Å²) in [5.74, 6) is 1.62. The Morgan fingerprint density at radius 2 is 1.70 bits per heavy atom. The monoisotopic (exact) mass is 509 g/mol. The Labute approximate surface area is 180 Å². The van der Waals surface area contributed by atoms with Crippen LogP contribution in [0.4, 0.5) is 5.69 Å². The van der Waals surface area contributed by atoms with Crippen molar-refractivity contribution in [2.75, 3.05) is 12.4 Å². The van der Waals surface area contributed by atoms with E-state index in [0.29, 0.717) is 18.2 Å². The van der Waals surface area contributed by atoms with Gasteiger partial charge in [-0.25, -0.2) is 0 Å². The summed E-state index contributed by atoms with van der Waals surface area (Å²) in [7, 11) is 1.66. The third-order valence-electron chi connectivity index (χ3n) is 3.99. The highest BCUT2D eigenvalue weighted by Crippen LogP contribution is 2.34. The second kappa shape index (κ2) is 9.49. The summed E-state index contributed by atoms with van der Waals surface area (Å²) in [6, 6.07) is 19.5. The second-order valence-electron chi connectivity index (χ2n) is 5.84. The van der Waals surface area contributed by atoms with Crippen molar-refractivity contribution >= 4 is 49.1 Å². The molecule has 0 aliphatic heterocycles. The lowest BCUT2D eigenvalue weighted by Gasteiger charge is -2.16. The first-order chi connectivity index (χ1) is 13.1. The molecule has 140 valence electrons. The Hall–Kier alpha value is -1.69. The van der Waals surface area contributed by atoms with Crippen LogP contribution in [0, 0.1) is 0 Å². The summed E-state index contributed by atoms with van der Waals surface area (Å²) in [4.78, 5) is 0. The summed E-state index contributed by atoms with van der Waals surface area (Å²) in [6.07, 6.45) is 0. The Kier molecular flexibility index (Phi) is 7.05. The molecule has 0 amide bonds. The van der Waals surface area contributed by atoms with Crippen LogP contribution >= 0.6 is 43.5 Å². The lowest BCUT2D eigenvalue weighted by molar-refractivity contribution is 0.301. The fraction of sp³-hybridized carbons (Fsp3) is 0.143. The maximum atomic E-state index is 6.24. The summed E-state index contributed by atoms with van der Waals surface area (Å²) < 4.78 is 13.2. The molecule has 0 radical (unpaired) electrons. The van der Waals surface area contributed by atoms with Gasteiger partial charge in [-0.1, -0.05) is 45.7 Å². The number of methoxy groups -OCH3 is 1. The van der Waals surface area contributed by atoms with Crippen molar-refractivity contribution in [1.82, 2.24) is 0 Å². The Morgan fingerprint density at radius 1 is 0.963 bits per heavy atom. The third kappa shape index (κ3) is 5.41. The SMILES string of the molecule is COc1ccc(NCc2cc(Br)cc(Br)c2OCc2ccccc2Cl)cc1. The molecule has 0 bridgehead atoms. The standard InChI is InChI=1S/C21H18Br2ClNO2/c1-26-18-8-6-17(7-9-18)25-12-15-10-16(22)11-19(23)21(15)27-13-14-4-2-3-5-20(14)24/h2-11,25H,12-13H2,1H3. The molecule has 0 saturated carbocycles. The number of anilines is 1. The van der Waals surface area contributed by atoms with Gasteiger partial charge in [0.25, 0.3) is 0 Å². The number of hydrogen-bond donors (Lipinski definition) is 1. The van der Waals surface area contributed by atoms with Crippen molar-refractivity contribution in [2.45, 2.75) is 13.2 Å². The van der Waals surface area contributed by atoms with E-state index in [1.54, 1.807) is 7.11 Å². The Morgan fingerprint density at radius 3 is 2.41 bits per heavy atom. The molecule has 6 heteroatoms. The fourth-order valence-electron chi connectivity index (χ4n) is 2.58. The number of ether oxygens (including phenoxy) is 2. The van der Waals surface area contributed by atoms with Gasteiger partial charge in [0, 0.05) is 32.9 Å². The predicted octanol–water partition coefficient (Wildman–Crippen LogP) is 7.06. The zero-order valence-corrected chi connectivity index (χ0v) is 18.6. The highest BCUT2D eigenvalue weighted by Gasteiger charge is 2.12. The van der Waals surface area contributed by atoms with E-state index in [2.05, 4.69) is 37.2 Å². The van der Waals surface area contributed by atoms with Crippen LogP contribution in [0.2, 0.25) is 5.02 Å². The van der Waals surface area contributed by atoms with E-state index in [1.165, 1.54) is 0 Å². The largest absolute Gasteiger partial charge is 0.497 e. The average molecular weight is 512 g/mol. The summed E-state index contributed by atoms with van der Waals surface area (Å²) in [6.45, 7) is 1.01. The number of benzene rings is 3. The molecule has 0 aliphatic rings. The maximum Gasteiger partial charge on any atom is 0.139 e. The van der Waals surface area contributed by atoms with Gasteiger partial charge in [-0.15, -0.1) is 0 Å². The minimum atomic E-state index is 0.398. The number of nitrogens with one attached hydrogen (secondary N) is 1. The zero-order chi connectivity index (χ0) is 19.2. The van der Waals surface area contributed by atoms with Crippen LogP contribution in [0.25, 0.3) is 0 Å². The van der Waals surface area contributed by atoms with E-state index < -0.39 is 0 Å². The van der Waals surface area contributed by atoms with Gasteiger partial charge in [0.2, 0.25) is 0 Å². The summed E-state index contributed by atoms with van der Waals surface area (Å²) in [5, 5.41) is 4.11. The number of rotatable bonds is 7. The van der Waals surface area contributed by atoms with Crippen LogP contribution in [0.1, 0.15) is 11.1 Å². The van der Waals surface area contributed by atoms with E-state index in [4.69, 9.17) is 21.1 Å². The first-order valence-corrected chi connectivity index (χ1v) is 10.3. The van der Waals surface area contributed by atoms with Crippen LogP contribution in [-0.2, 0) is 13.2 Å². The van der Waals surface area contributed by atoms with Crippen LogP contribution in [0.3, 0.4) is 0 Å². The van der Waals surface area contributed by atoms with Crippen molar-refractivity contribution in [2.24, 2.45) is 0 Å². The van der Waals surface area contributed by atoms with Crippen LogP contribution < -0.4 is 14.8 Å². The molecular weight excluding hydrogens is 493 g/mol. The summed E-state index contributed by atoms with van der Waals surface area (Å²) >= 11 is 13.4. The van der Waals surface area contributed by atoms with Crippen molar-refractivity contribution in [1.29, 1.82) is 0 Å². The fourth-order valence-corrected chi connectivity index (χ4v) is 4.20. The molecule has 0 saturated heterocycles. The van der Waals surface area contributed by atoms with Gasteiger partial charge in [0.05, 0.1) is 11.6 Å². The lowest BCUT2D eigenvalue weighted by Crippen LogP contribution is -2.05. The van der Waals surface area contributed by atoms with Gasteiger partial charge in [0.1, 0.15) is 18.1 Å². The maximum absolute atomic E-state index is 6.24. The minimum Gasteiger partial charge on any atom is -0.497 e. The zero-order valence-electron chi connectivity index (χ0n) is 14.6. The minimum absolute atomic E-state index is 0.398. The molecule has 3 nitrogen and oxygen atoms in total. The van der Waals surface area contributed by atoms with Crippen molar-refractivity contribution in [3.63, 3.8) is 0 Å². The van der Waals surface area contributed by atoms with Gasteiger partial charge < -0.3 is 14.8 Å². The smallest absolute Gasteiger partial charge is 0.139 e. The molecule has 0 aromatic heterocycles. The Bertz CT molecular complexity index is 917. The molecule has 0 atom stereocenters. The van der Waals surface area contributed by atoms with Gasteiger partial charge in [-0.05, 0) is 58.4 Å². The molecule has 0 spiro atoms. The molecule has 3 aromatic carbocycles. The molecule has 0 unspecified atom stereocenters. The van der Waals surface area contributed by atoms with Crippen molar-refractivity contribution in [3.8, 4) is 11.5 Å². The number of hydrogen-bond acceptors (Lipinski definition) is 3. The molecule has 3 aromatic rings. The Balaban J connectivity index is 1.76.